The highest BCUT2D eigenvalue weighted by Crippen LogP contribution is 2.29. The molecular weight excluding hydrogens is 320 g/mol. The zero-order valence-electron chi connectivity index (χ0n) is 12.5. The molecule has 0 aliphatic heterocycles. The molecule has 0 radical (unpaired) electrons. The molecule has 0 bridgehead atoms. The van der Waals surface area contributed by atoms with Gasteiger partial charge in [-0.15, -0.1) is 0 Å². The summed E-state index contributed by atoms with van der Waals surface area (Å²) in [6.45, 7) is 6.65. The number of nitrogens with two attached hydrogens (primary N) is 1. The minimum atomic E-state index is -0.190. The molecule has 1 amide bonds. The van der Waals surface area contributed by atoms with Gasteiger partial charge in [0.1, 0.15) is 5.75 Å². The Kier molecular flexibility index (Phi) is 6.02. The molecule has 0 fully saturated rings. The van der Waals surface area contributed by atoms with Crippen LogP contribution in [0.25, 0.3) is 0 Å². The van der Waals surface area contributed by atoms with E-state index in [1.54, 1.807) is 13.2 Å². The molecule has 0 saturated carbocycles. The van der Waals surface area contributed by atoms with Crippen LogP contribution in [0.5, 0.6) is 5.75 Å². The summed E-state index contributed by atoms with van der Waals surface area (Å²) >= 11 is 3.38. The number of ether oxygens (including phenoxy) is 1. The van der Waals surface area contributed by atoms with E-state index in [0.717, 1.165) is 10.9 Å². The van der Waals surface area contributed by atoms with E-state index in [4.69, 9.17) is 10.5 Å². The van der Waals surface area contributed by atoms with Gasteiger partial charge in [-0.05, 0) is 39.9 Å². The summed E-state index contributed by atoms with van der Waals surface area (Å²) in [5, 5.41) is 2.90. The van der Waals surface area contributed by atoms with Crippen molar-refractivity contribution in [2.24, 2.45) is 17.1 Å². The molecule has 1 rings (SSSR count). The van der Waals surface area contributed by atoms with Crippen molar-refractivity contribution in [2.75, 3.05) is 19.0 Å². The molecule has 1 aromatic carbocycles. The molecular formula is C15H23BrN2O2. The summed E-state index contributed by atoms with van der Waals surface area (Å²) in [6.07, 6.45) is 0.753. The highest BCUT2D eigenvalue weighted by Gasteiger charge is 2.23. The predicted molar refractivity (Wildman–Crippen MR) is 85.9 cm³/mol. The van der Waals surface area contributed by atoms with E-state index in [9.17, 15) is 4.79 Å². The monoisotopic (exact) mass is 342 g/mol. The normalized spacial score (nSPS) is 12.9. The standard InChI is InChI=1S/C15H23BrN2O2/c1-15(2,3)8-10(9-17)14(19)18-11-5-6-12(16)13(7-11)20-4/h5-7,10H,8-9,17H2,1-4H3,(H,18,19). The molecule has 0 aromatic heterocycles. The Labute approximate surface area is 129 Å². The van der Waals surface area contributed by atoms with Gasteiger partial charge in [-0.3, -0.25) is 4.79 Å². The number of anilines is 1. The highest BCUT2D eigenvalue weighted by molar-refractivity contribution is 9.10. The molecule has 0 aliphatic rings. The van der Waals surface area contributed by atoms with Crippen LogP contribution in [0.1, 0.15) is 27.2 Å². The van der Waals surface area contributed by atoms with E-state index in [-0.39, 0.29) is 17.2 Å². The van der Waals surface area contributed by atoms with Gasteiger partial charge in [0.05, 0.1) is 17.5 Å². The molecule has 4 nitrogen and oxygen atoms in total. The Balaban J connectivity index is 2.78. The second-order valence-corrected chi connectivity index (χ2v) is 6.89. The topological polar surface area (TPSA) is 64.3 Å². The summed E-state index contributed by atoms with van der Waals surface area (Å²) in [4.78, 5) is 12.3. The van der Waals surface area contributed by atoms with Gasteiger partial charge < -0.3 is 15.8 Å². The molecule has 112 valence electrons. The van der Waals surface area contributed by atoms with Crippen LogP contribution in [0, 0.1) is 11.3 Å². The van der Waals surface area contributed by atoms with Gasteiger partial charge >= 0.3 is 0 Å². The van der Waals surface area contributed by atoms with Crippen LogP contribution in [-0.2, 0) is 4.79 Å². The molecule has 0 saturated heterocycles. The number of methoxy groups -OCH3 is 1. The predicted octanol–water partition coefficient (Wildman–Crippen LogP) is 3.41. The lowest BCUT2D eigenvalue weighted by Gasteiger charge is -2.24. The van der Waals surface area contributed by atoms with Gasteiger partial charge in [-0.25, -0.2) is 0 Å². The second-order valence-electron chi connectivity index (χ2n) is 6.04. The smallest absolute Gasteiger partial charge is 0.228 e. The van der Waals surface area contributed by atoms with Gasteiger partial charge in [0.25, 0.3) is 0 Å². The summed E-state index contributed by atoms with van der Waals surface area (Å²) < 4.78 is 6.06. The van der Waals surface area contributed by atoms with Crippen LogP contribution >= 0.6 is 15.9 Å². The number of halogens is 1. The van der Waals surface area contributed by atoms with Crippen molar-refractivity contribution in [3.05, 3.63) is 22.7 Å². The highest BCUT2D eigenvalue weighted by atomic mass is 79.9. The van der Waals surface area contributed by atoms with E-state index in [1.165, 1.54) is 0 Å². The average molecular weight is 343 g/mol. The number of rotatable bonds is 5. The number of hydrogen-bond acceptors (Lipinski definition) is 3. The lowest BCUT2D eigenvalue weighted by Crippen LogP contribution is -2.32. The first-order chi connectivity index (χ1) is 9.26. The van der Waals surface area contributed by atoms with Crippen LogP contribution in [0.15, 0.2) is 22.7 Å². The summed E-state index contributed by atoms with van der Waals surface area (Å²) in [5.41, 5.74) is 6.50. The van der Waals surface area contributed by atoms with Crippen LogP contribution in [0.2, 0.25) is 0 Å². The quantitative estimate of drug-likeness (QED) is 0.861. The second kappa shape index (κ2) is 7.09. The fourth-order valence-electron chi connectivity index (χ4n) is 2.00. The van der Waals surface area contributed by atoms with Crippen molar-refractivity contribution in [3.63, 3.8) is 0 Å². The Hall–Kier alpha value is -1.07. The molecule has 0 heterocycles. The van der Waals surface area contributed by atoms with Gasteiger partial charge in [0, 0.05) is 18.3 Å². The van der Waals surface area contributed by atoms with Crippen molar-refractivity contribution in [2.45, 2.75) is 27.2 Å². The molecule has 5 heteroatoms. The third-order valence-corrected chi connectivity index (χ3v) is 3.59. The maximum absolute atomic E-state index is 12.3. The molecule has 1 aromatic rings. The Bertz CT molecular complexity index is 469. The first kappa shape index (κ1) is 17.0. The maximum atomic E-state index is 12.3. The zero-order chi connectivity index (χ0) is 15.3. The SMILES string of the molecule is COc1cc(NC(=O)C(CN)CC(C)(C)C)ccc1Br. The lowest BCUT2D eigenvalue weighted by atomic mass is 9.84. The summed E-state index contributed by atoms with van der Waals surface area (Å²) in [6, 6.07) is 5.46. The van der Waals surface area contributed by atoms with E-state index in [2.05, 4.69) is 42.0 Å². The number of amides is 1. The summed E-state index contributed by atoms with van der Waals surface area (Å²) in [7, 11) is 1.59. The van der Waals surface area contributed by atoms with E-state index in [0.29, 0.717) is 18.0 Å². The third-order valence-electron chi connectivity index (χ3n) is 2.93. The van der Waals surface area contributed by atoms with Crippen molar-refractivity contribution in [1.82, 2.24) is 0 Å². The largest absolute Gasteiger partial charge is 0.495 e. The van der Waals surface area contributed by atoms with Crippen molar-refractivity contribution < 1.29 is 9.53 Å². The van der Waals surface area contributed by atoms with Crippen molar-refractivity contribution >= 4 is 27.5 Å². The molecule has 0 aliphatic carbocycles. The van der Waals surface area contributed by atoms with E-state index >= 15 is 0 Å². The minimum absolute atomic E-state index is 0.0493. The van der Waals surface area contributed by atoms with Crippen molar-refractivity contribution in [1.29, 1.82) is 0 Å². The molecule has 1 atom stereocenters. The van der Waals surface area contributed by atoms with Crippen molar-refractivity contribution in [3.8, 4) is 5.75 Å². The third kappa shape index (κ3) is 5.13. The number of benzene rings is 1. The van der Waals surface area contributed by atoms with Gasteiger partial charge in [-0.1, -0.05) is 20.8 Å². The van der Waals surface area contributed by atoms with Gasteiger partial charge in [-0.2, -0.15) is 0 Å². The molecule has 20 heavy (non-hydrogen) atoms. The average Bonchev–Trinajstić information content (AvgIpc) is 2.37. The first-order valence-corrected chi connectivity index (χ1v) is 7.40. The lowest BCUT2D eigenvalue weighted by molar-refractivity contribution is -0.120. The maximum Gasteiger partial charge on any atom is 0.228 e. The van der Waals surface area contributed by atoms with Gasteiger partial charge in [0.15, 0.2) is 0 Å². The minimum Gasteiger partial charge on any atom is -0.495 e. The fourth-order valence-corrected chi connectivity index (χ4v) is 2.41. The zero-order valence-corrected chi connectivity index (χ0v) is 14.1. The number of carbonyl (C=O) groups excluding carboxylic acids is 1. The first-order valence-electron chi connectivity index (χ1n) is 6.61. The Morgan fingerprint density at radius 1 is 1.45 bits per heavy atom. The molecule has 0 spiro atoms. The number of nitrogens with one attached hydrogen (secondary N) is 1. The van der Waals surface area contributed by atoms with Crippen LogP contribution < -0.4 is 15.8 Å². The van der Waals surface area contributed by atoms with E-state index < -0.39 is 0 Å². The van der Waals surface area contributed by atoms with E-state index in [1.807, 2.05) is 12.1 Å². The molecule has 1 unspecified atom stereocenters. The number of carbonyl (C=O) groups is 1. The van der Waals surface area contributed by atoms with Crippen LogP contribution in [-0.4, -0.2) is 19.6 Å². The Morgan fingerprint density at radius 2 is 2.10 bits per heavy atom. The van der Waals surface area contributed by atoms with Crippen LogP contribution in [0.4, 0.5) is 5.69 Å². The van der Waals surface area contributed by atoms with Gasteiger partial charge in [0.2, 0.25) is 5.91 Å². The Morgan fingerprint density at radius 3 is 2.60 bits per heavy atom. The summed E-state index contributed by atoms with van der Waals surface area (Å²) in [5.74, 6) is 0.444. The number of hydrogen-bond donors (Lipinski definition) is 2. The van der Waals surface area contributed by atoms with Crippen LogP contribution in [0.3, 0.4) is 0 Å². The fraction of sp³-hybridized carbons (Fsp3) is 0.533. The molecule has 3 N–H and O–H groups in total.